The largest absolute Gasteiger partial charge is 0.285 e. The number of benzene rings is 2. The minimum absolute atomic E-state index is 0.990. The number of hydrogen-bond donors (Lipinski definition) is 1. The van der Waals surface area contributed by atoms with Gasteiger partial charge in [0, 0.05) is 17.5 Å². The lowest BCUT2D eigenvalue weighted by molar-refractivity contribution is 0.771. The lowest BCUT2D eigenvalue weighted by atomic mass is 9.96. The summed E-state index contributed by atoms with van der Waals surface area (Å²) in [6, 6.07) is 13.8. The van der Waals surface area contributed by atoms with Crippen LogP contribution in [0.15, 0.2) is 65.1 Å². The van der Waals surface area contributed by atoms with E-state index in [2.05, 4.69) is 73.4 Å². The first kappa shape index (κ1) is 23.2. The number of allylic oxidation sites excluding steroid dienone is 2. The van der Waals surface area contributed by atoms with E-state index < -0.39 is 0 Å². The summed E-state index contributed by atoms with van der Waals surface area (Å²) in [5, 5.41) is 9.32. The summed E-state index contributed by atoms with van der Waals surface area (Å²) in [5.74, 6) is 0. The molecule has 4 rings (SSSR count). The fraction of sp³-hybridized carbons (Fsp3) is 0.400. The Bertz CT molecular complexity index is 1220. The SMILES string of the molecule is CCCCc1cc(CC)cc(CCCC2=C(CC)CC=c3cc(-c4cn[nH]c4)ccc3=N2)c1. The van der Waals surface area contributed by atoms with Gasteiger partial charge in [-0.3, -0.25) is 10.1 Å². The number of nitrogens with one attached hydrogen (secondary N) is 1. The van der Waals surface area contributed by atoms with Crippen LogP contribution in [0.5, 0.6) is 0 Å². The Labute approximate surface area is 198 Å². The van der Waals surface area contributed by atoms with Crippen molar-refractivity contribution in [3.63, 3.8) is 0 Å². The van der Waals surface area contributed by atoms with Crippen molar-refractivity contribution in [3.05, 3.63) is 87.3 Å². The van der Waals surface area contributed by atoms with Gasteiger partial charge >= 0.3 is 0 Å². The summed E-state index contributed by atoms with van der Waals surface area (Å²) >= 11 is 0. The molecular formula is C30H37N3. The van der Waals surface area contributed by atoms with Gasteiger partial charge in [0.1, 0.15) is 0 Å². The molecule has 0 atom stereocenters. The van der Waals surface area contributed by atoms with Gasteiger partial charge in [0.2, 0.25) is 0 Å². The predicted molar refractivity (Wildman–Crippen MR) is 139 cm³/mol. The zero-order valence-corrected chi connectivity index (χ0v) is 20.5. The molecule has 0 saturated heterocycles. The molecule has 0 saturated carbocycles. The average Bonchev–Trinajstić information content (AvgIpc) is 3.32. The Hall–Kier alpha value is -2.94. The summed E-state index contributed by atoms with van der Waals surface area (Å²) in [5.41, 5.74) is 9.55. The third-order valence-electron chi connectivity index (χ3n) is 6.74. The summed E-state index contributed by atoms with van der Waals surface area (Å²) < 4.78 is 0. The molecular weight excluding hydrogens is 402 g/mol. The van der Waals surface area contributed by atoms with Gasteiger partial charge < -0.3 is 0 Å². The zero-order chi connectivity index (χ0) is 23.0. The van der Waals surface area contributed by atoms with Crippen molar-refractivity contribution in [3.8, 4) is 11.1 Å². The van der Waals surface area contributed by atoms with Crippen LogP contribution in [0.1, 0.15) is 76.0 Å². The predicted octanol–water partition coefficient (Wildman–Crippen LogP) is 6.47. The van der Waals surface area contributed by atoms with E-state index in [0.717, 1.165) is 49.4 Å². The minimum Gasteiger partial charge on any atom is -0.285 e. The van der Waals surface area contributed by atoms with Crippen LogP contribution in [-0.4, -0.2) is 10.2 Å². The van der Waals surface area contributed by atoms with Crippen molar-refractivity contribution in [1.82, 2.24) is 10.2 Å². The van der Waals surface area contributed by atoms with Crippen LogP contribution in [0.25, 0.3) is 17.2 Å². The standard InChI is InChI=1S/C30H37N3/c1-4-7-9-23-16-22(5-2)17-24(18-23)10-8-11-29-25(6-3)12-13-27-19-26(14-15-30(27)33-29)28-20-31-32-21-28/h13-21H,4-12H2,1-3H3,(H,31,32). The lowest BCUT2D eigenvalue weighted by Crippen LogP contribution is -2.24. The molecule has 1 aromatic heterocycles. The maximum Gasteiger partial charge on any atom is 0.0702 e. The molecule has 2 aromatic carbocycles. The molecule has 172 valence electrons. The van der Waals surface area contributed by atoms with Crippen LogP contribution in [-0.2, 0) is 19.3 Å². The quantitative estimate of drug-likeness (QED) is 0.386. The molecule has 1 aliphatic heterocycles. The van der Waals surface area contributed by atoms with E-state index in [9.17, 15) is 0 Å². The molecule has 3 nitrogen and oxygen atoms in total. The van der Waals surface area contributed by atoms with E-state index >= 15 is 0 Å². The summed E-state index contributed by atoms with van der Waals surface area (Å²) in [6.07, 6.45) is 16.4. The Morgan fingerprint density at radius 1 is 0.818 bits per heavy atom. The monoisotopic (exact) mass is 439 g/mol. The highest BCUT2D eigenvalue weighted by molar-refractivity contribution is 5.61. The fourth-order valence-electron chi connectivity index (χ4n) is 4.74. The molecule has 33 heavy (non-hydrogen) atoms. The van der Waals surface area contributed by atoms with Crippen LogP contribution in [0.3, 0.4) is 0 Å². The molecule has 0 unspecified atom stereocenters. The number of H-pyrrole nitrogens is 1. The van der Waals surface area contributed by atoms with Crippen LogP contribution >= 0.6 is 0 Å². The molecule has 3 aromatic rings. The number of rotatable bonds is 10. The minimum atomic E-state index is 0.990. The highest BCUT2D eigenvalue weighted by Crippen LogP contribution is 2.23. The smallest absolute Gasteiger partial charge is 0.0702 e. The summed E-state index contributed by atoms with van der Waals surface area (Å²) in [6.45, 7) is 6.79. The Balaban J connectivity index is 1.51. The second kappa shape index (κ2) is 11.3. The second-order valence-electron chi connectivity index (χ2n) is 9.15. The van der Waals surface area contributed by atoms with Crippen molar-refractivity contribution >= 4 is 6.08 Å². The highest BCUT2D eigenvalue weighted by atomic mass is 15.1. The first-order chi connectivity index (χ1) is 16.2. The van der Waals surface area contributed by atoms with Gasteiger partial charge in [0.05, 0.1) is 11.6 Å². The number of aromatic nitrogens is 2. The molecule has 0 bridgehead atoms. The van der Waals surface area contributed by atoms with Crippen LogP contribution < -0.4 is 10.6 Å². The van der Waals surface area contributed by atoms with Crippen LogP contribution in [0.4, 0.5) is 0 Å². The maximum atomic E-state index is 5.16. The Morgan fingerprint density at radius 3 is 2.30 bits per heavy atom. The molecule has 2 heterocycles. The van der Waals surface area contributed by atoms with Crippen molar-refractivity contribution < 1.29 is 0 Å². The van der Waals surface area contributed by atoms with Crippen LogP contribution in [0.2, 0.25) is 0 Å². The number of nitrogens with zero attached hydrogens (tertiary/aromatic N) is 2. The van der Waals surface area contributed by atoms with Gasteiger partial charge in [0.25, 0.3) is 0 Å². The first-order valence-corrected chi connectivity index (χ1v) is 12.7. The van der Waals surface area contributed by atoms with Crippen LogP contribution in [0, 0.1) is 0 Å². The number of hydrogen-bond acceptors (Lipinski definition) is 2. The highest BCUT2D eigenvalue weighted by Gasteiger charge is 2.09. The Morgan fingerprint density at radius 2 is 1.61 bits per heavy atom. The maximum absolute atomic E-state index is 5.16. The molecule has 0 amide bonds. The number of fused-ring (bicyclic) bond motifs is 1. The van der Waals surface area contributed by atoms with Gasteiger partial charge in [0.15, 0.2) is 0 Å². The molecule has 3 heteroatoms. The van der Waals surface area contributed by atoms with E-state index in [-0.39, 0.29) is 0 Å². The van der Waals surface area contributed by atoms with Gasteiger partial charge in [-0.15, -0.1) is 0 Å². The first-order valence-electron chi connectivity index (χ1n) is 12.7. The van der Waals surface area contributed by atoms with Gasteiger partial charge in [-0.05, 0) is 96.5 Å². The van der Waals surface area contributed by atoms with Gasteiger partial charge in [-0.1, -0.05) is 57.5 Å². The van der Waals surface area contributed by atoms with E-state index in [4.69, 9.17) is 4.99 Å². The van der Waals surface area contributed by atoms with Crippen molar-refractivity contribution in [1.29, 1.82) is 0 Å². The normalized spacial score (nSPS) is 13.3. The average molecular weight is 440 g/mol. The van der Waals surface area contributed by atoms with Crippen molar-refractivity contribution in [2.75, 3.05) is 0 Å². The number of aromatic amines is 1. The van der Waals surface area contributed by atoms with E-state index in [0.29, 0.717) is 0 Å². The summed E-state index contributed by atoms with van der Waals surface area (Å²) in [4.78, 5) is 5.16. The van der Waals surface area contributed by atoms with Crippen molar-refractivity contribution in [2.45, 2.75) is 78.6 Å². The van der Waals surface area contributed by atoms with E-state index in [1.807, 2.05) is 12.4 Å². The summed E-state index contributed by atoms with van der Waals surface area (Å²) in [7, 11) is 0. The molecule has 1 N–H and O–H groups in total. The second-order valence-corrected chi connectivity index (χ2v) is 9.15. The number of unbranched alkanes of at least 4 members (excludes halogenated alkanes) is 1. The molecule has 0 spiro atoms. The number of aryl methyl sites for hydroxylation is 3. The lowest BCUT2D eigenvalue weighted by Gasteiger charge is -2.11. The molecule has 0 aliphatic carbocycles. The zero-order valence-electron chi connectivity index (χ0n) is 20.5. The third-order valence-corrected chi connectivity index (χ3v) is 6.74. The van der Waals surface area contributed by atoms with Gasteiger partial charge in [-0.25, -0.2) is 0 Å². The Kier molecular flexibility index (Phi) is 7.93. The van der Waals surface area contributed by atoms with E-state index in [1.54, 1.807) is 0 Å². The topological polar surface area (TPSA) is 41.0 Å². The molecule has 1 aliphatic rings. The molecule has 0 radical (unpaired) electrons. The fourth-order valence-corrected chi connectivity index (χ4v) is 4.74. The molecule has 0 fully saturated rings. The van der Waals surface area contributed by atoms with Crippen molar-refractivity contribution in [2.24, 2.45) is 4.99 Å². The van der Waals surface area contributed by atoms with Gasteiger partial charge in [-0.2, -0.15) is 5.10 Å². The third kappa shape index (κ3) is 5.90. The van der Waals surface area contributed by atoms with E-state index in [1.165, 1.54) is 58.0 Å².